The topological polar surface area (TPSA) is 44.8 Å². The minimum Gasteiger partial charge on any atom is -0.383 e. The molecule has 128 valence electrons. The molecule has 0 spiro atoms. The Bertz CT molecular complexity index is 490. The van der Waals surface area contributed by atoms with Crippen LogP contribution in [0, 0.1) is 0 Å². The number of halogens is 1. The lowest BCUT2D eigenvalue weighted by molar-refractivity contribution is -0.121. The molecule has 5 nitrogen and oxygen atoms in total. The van der Waals surface area contributed by atoms with Crippen molar-refractivity contribution in [3.63, 3.8) is 0 Å². The molecule has 0 aliphatic carbocycles. The summed E-state index contributed by atoms with van der Waals surface area (Å²) in [6.07, 6.45) is 0.530. The quantitative estimate of drug-likeness (QED) is 0.781. The maximum absolute atomic E-state index is 12.0. The molecule has 1 fully saturated rings. The zero-order valence-electron chi connectivity index (χ0n) is 13.8. The third-order valence-electron chi connectivity index (χ3n) is 4.17. The van der Waals surface area contributed by atoms with Crippen LogP contribution in [0.3, 0.4) is 0 Å². The van der Waals surface area contributed by atoms with E-state index in [1.165, 1.54) is 0 Å². The Morgan fingerprint density at radius 3 is 2.48 bits per heavy atom. The summed E-state index contributed by atoms with van der Waals surface area (Å²) in [5.74, 6) is 0.0757. The highest BCUT2D eigenvalue weighted by molar-refractivity contribution is 6.31. The molecule has 1 N–H and O–H groups in total. The van der Waals surface area contributed by atoms with E-state index < -0.39 is 0 Å². The van der Waals surface area contributed by atoms with Crippen LogP contribution in [0.5, 0.6) is 0 Å². The first-order chi connectivity index (χ1) is 11.2. The van der Waals surface area contributed by atoms with Crippen LogP contribution in [-0.4, -0.2) is 68.7 Å². The molecule has 0 atom stereocenters. The van der Waals surface area contributed by atoms with Crippen LogP contribution in [0.15, 0.2) is 24.3 Å². The van der Waals surface area contributed by atoms with Gasteiger partial charge in [0.05, 0.1) is 6.61 Å². The maximum atomic E-state index is 12.0. The number of nitrogens with zero attached hydrogens (tertiary/aromatic N) is 2. The van der Waals surface area contributed by atoms with Crippen LogP contribution in [0.1, 0.15) is 12.0 Å². The molecule has 1 heterocycles. The van der Waals surface area contributed by atoms with Gasteiger partial charge in [-0.3, -0.25) is 9.69 Å². The molecule has 0 aromatic heterocycles. The van der Waals surface area contributed by atoms with Crippen molar-refractivity contribution < 1.29 is 9.53 Å². The Labute approximate surface area is 143 Å². The molecule has 0 bridgehead atoms. The van der Waals surface area contributed by atoms with E-state index in [2.05, 4.69) is 15.1 Å². The van der Waals surface area contributed by atoms with Gasteiger partial charge in [0.1, 0.15) is 0 Å². The third kappa shape index (κ3) is 6.47. The van der Waals surface area contributed by atoms with Gasteiger partial charge in [0, 0.05) is 64.4 Å². The number of carbonyl (C=O) groups excluding carboxylic acids is 1. The monoisotopic (exact) mass is 339 g/mol. The summed E-state index contributed by atoms with van der Waals surface area (Å²) in [5, 5.41) is 3.63. The molecule has 1 aliphatic heterocycles. The summed E-state index contributed by atoms with van der Waals surface area (Å²) in [5.41, 5.74) is 0.953. The zero-order valence-corrected chi connectivity index (χ0v) is 14.5. The minimum absolute atomic E-state index is 0.0757. The van der Waals surface area contributed by atoms with E-state index in [9.17, 15) is 4.79 Å². The van der Waals surface area contributed by atoms with Crippen molar-refractivity contribution in [2.75, 3.05) is 53.0 Å². The van der Waals surface area contributed by atoms with Gasteiger partial charge >= 0.3 is 0 Å². The molecular weight excluding hydrogens is 314 g/mol. The predicted molar refractivity (Wildman–Crippen MR) is 92.7 cm³/mol. The van der Waals surface area contributed by atoms with E-state index in [0.29, 0.717) is 18.0 Å². The summed E-state index contributed by atoms with van der Waals surface area (Å²) in [6, 6.07) is 7.59. The lowest BCUT2D eigenvalue weighted by Gasteiger charge is -2.34. The van der Waals surface area contributed by atoms with E-state index in [4.69, 9.17) is 16.3 Å². The Balaban J connectivity index is 1.61. The molecule has 1 amide bonds. The van der Waals surface area contributed by atoms with Gasteiger partial charge in [-0.25, -0.2) is 0 Å². The van der Waals surface area contributed by atoms with Gasteiger partial charge in [0.2, 0.25) is 5.91 Å². The SMILES string of the molecule is COCCN1CCN(CCC(=O)NCc2ccccc2Cl)CC1. The van der Waals surface area contributed by atoms with E-state index in [0.717, 1.165) is 51.4 Å². The first-order valence-corrected chi connectivity index (χ1v) is 8.50. The third-order valence-corrected chi connectivity index (χ3v) is 4.53. The Morgan fingerprint density at radius 2 is 1.83 bits per heavy atom. The Kier molecular flexibility index (Phi) is 7.82. The highest BCUT2D eigenvalue weighted by Crippen LogP contribution is 2.14. The molecule has 1 aliphatic rings. The fraction of sp³-hybridized carbons (Fsp3) is 0.588. The van der Waals surface area contributed by atoms with Crippen molar-refractivity contribution in [2.24, 2.45) is 0 Å². The van der Waals surface area contributed by atoms with E-state index in [1.807, 2.05) is 24.3 Å². The van der Waals surface area contributed by atoms with Crippen LogP contribution in [0.2, 0.25) is 5.02 Å². The second-order valence-corrected chi connectivity index (χ2v) is 6.20. The highest BCUT2D eigenvalue weighted by atomic mass is 35.5. The first-order valence-electron chi connectivity index (χ1n) is 8.13. The average Bonchev–Trinajstić information content (AvgIpc) is 2.58. The number of methoxy groups -OCH3 is 1. The molecule has 2 rings (SSSR count). The van der Waals surface area contributed by atoms with E-state index >= 15 is 0 Å². The molecule has 1 saturated heterocycles. The number of amides is 1. The molecule has 0 radical (unpaired) electrons. The molecule has 6 heteroatoms. The van der Waals surface area contributed by atoms with Crippen molar-refractivity contribution in [1.82, 2.24) is 15.1 Å². The normalized spacial score (nSPS) is 16.4. The van der Waals surface area contributed by atoms with E-state index in [-0.39, 0.29) is 5.91 Å². The lowest BCUT2D eigenvalue weighted by atomic mass is 10.2. The van der Waals surface area contributed by atoms with Gasteiger partial charge in [-0.05, 0) is 11.6 Å². The smallest absolute Gasteiger partial charge is 0.221 e. The number of piperazine rings is 1. The van der Waals surface area contributed by atoms with Crippen LogP contribution in [0.4, 0.5) is 0 Å². The Hall–Kier alpha value is -1.14. The zero-order chi connectivity index (χ0) is 16.5. The largest absolute Gasteiger partial charge is 0.383 e. The minimum atomic E-state index is 0.0757. The molecule has 23 heavy (non-hydrogen) atoms. The number of hydrogen-bond acceptors (Lipinski definition) is 4. The highest BCUT2D eigenvalue weighted by Gasteiger charge is 2.17. The van der Waals surface area contributed by atoms with Crippen LogP contribution in [0.25, 0.3) is 0 Å². The van der Waals surface area contributed by atoms with Crippen molar-refractivity contribution in [1.29, 1.82) is 0 Å². The second-order valence-electron chi connectivity index (χ2n) is 5.79. The van der Waals surface area contributed by atoms with Crippen molar-refractivity contribution in [3.8, 4) is 0 Å². The van der Waals surface area contributed by atoms with Crippen LogP contribution in [-0.2, 0) is 16.1 Å². The number of hydrogen-bond donors (Lipinski definition) is 1. The number of ether oxygens (including phenoxy) is 1. The van der Waals surface area contributed by atoms with Crippen molar-refractivity contribution in [2.45, 2.75) is 13.0 Å². The average molecular weight is 340 g/mol. The summed E-state index contributed by atoms with van der Waals surface area (Å²) >= 11 is 6.08. The number of nitrogens with one attached hydrogen (secondary N) is 1. The van der Waals surface area contributed by atoms with Gasteiger partial charge in [-0.2, -0.15) is 0 Å². The van der Waals surface area contributed by atoms with Crippen LogP contribution >= 0.6 is 11.6 Å². The van der Waals surface area contributed by atoms with Crippen molar-refractivity contribution in [3.05, 3.63) is 34.9 Å². The molecule has 1 aromatic rings. The van der Waals surface area contributed by atoms with Crippen LogP contribution < -0.4 is 5.32 Å². The molecular formula is C17H26ClN3O2. The maximum Gasteiger partial charge on any atom is 0.221 e. The molecule has 0 saturated carbocycles. The summed E-state index contributed by atoms with van der Waals surface area (Å²) in [4.78, 5) is 16.7. The fourth-order valence-electron chi connectivity index (χ4n) is 2.64. The fourth-order valence-corrected chi connectivity index (χ4v) is 2.84. The lowest BCUT2D eigenvalue weighted by Crippen LogP contribution is -2.47. The van der Waals surface area contributed by atoms with Gasteiger partial charge in [-0.15, -0.1) is 0 Å². The van der Waals surface area contributed by atoms with Gasteiger partial charge < -0.3 is 15.0 Å². The van der Waals surface area contributed by atoms with Crippen molar-refractivity contribution >= 4 is 17.5 Å². The summed E-state index contributed by atoms with van der Waals surface area (Å²) in [7, 11) is 1.73. The van der Waals surface area contributed by atoms with Gasteiger partial charge in [-0.1, -0.05) is 29.8 Å². The number of rotatable bonds is 8. The predicted octanol–water partition coefficient (Wildman–Crippen LogP) is 1.61. The number of benzene rings is 1. The second kappa shape index (κ2) is 9.88. The van der Waals surface area contributed by atoms with Gasteiger partial charge in [0.15, 0.2) is 0 Å². The van der Waals surface area contributed by atoms with E-state index in [1.54, 1.807) is 7.11 Å². The Morgan fingerprint density at radius 1 is 1.17 bits per heavy atom. The summed E-state index contributed by atoms with van der Waals surface area (Å²) < 4.78 is 5.10. The standard InChI is InChI=1S/C17H26ClN3O2/c1-23-13-12-21-10-8-20(9-11-21)7-6-17(22)19-14-15-4-2-3-5-16(15)18/h2-5H,6-14H2,1H3,(H,19,22). The first kappa shape index (κ1) is 18.2. The summed E-state index contributed by atoms with van der Waals surface area (Å²) in [6.45, 7) is 7.20. The molecule has 1 aromatic carbocycles. The molecule has 0 unspecified atom stereocenters. The van der Waals surface area contributed by atoms with Gasteiger partial charge in [0.25, 0.3) is 0 Å². The number of carbonyl (C=O) groups is 1.